The Morgan fingerprint density at radius 2 is 1.73 bits per heavy atom. The molecule has 0 bridgehead atoms. The summed E-state index contributed by atoms with van der Waals surface area (Å²) in [7, 11) is 0. The van der Waals surface area contributed by atoms with Crippen LogP contribution in [0.15, 0.2) is 23.0 Å². The first kappa shape index (κ1) is 12.4. The molecule has 2 N–H and O–H groups in total. The third-order valence-electron chi connectivity index (χ3n) is 2.21. The summed E-state index contributed by atoms with van der Waals surface area (Å²) in [5.74, 6) is 0.489. The zero-order valence-electron chi connectivity index (χ0n) is 9.10. The molecule has 3 nitrogen and oxygen atoms in total. The molecular formula is C11H15AtN2O. The van der Waals surface area contributed by atoms with Crippen molar-refractivity contribution in [2.75, 3.05) is 0 Å². The SMILES string of the molecule is CC(C)c1ccc2[nH]c(=O)[nH]c2c1.C[At]. The number of rotatable bonds is 1. The number of hydrogen-bond acceptors (Lipinski definition) is 1. The molecule has 15 heavy (non-hydrogen) atoms. The molecule has 1 aromatic carbocycles. The molecule has 2 rings (SSSR count). The molecule has 0 aliphatic rings. The van der Waals surface area contributed by atoms with Crippen LogP contribution in [0.1, 0.15) is 25.3 Å². The van der Waals surface area contributed by atoms with Gasteiger partial charge in [-0.15, -0.1) is 0 Å². The number of nitrogens with one attached hydrogen (secondary N) is 2. The third kappa shape index (κ3) is 2.91. The van der Waals surface area contributed by atoms with Gasteiger partial charge in [0.1, 0.15) is 0 Å². The number of imidazole rings is 1. The number of H-pyrrole nitrogens is 2. The Labute approximate surface area is 104 Å². The first-order chi connectivity index (χ1) is 7.16. The Morgan fingerprint density at radius 1 is 1.13 bits per heavy atom. The van der Waals surface area contributed by atoms with Crippen molar-refractivity contribution in [2.45, 2.75) is 24.4 Å². The van der Waals surface area contributed by atoms with Crippen LogP contribution in [0, 0.1) is 24.7 Å². The van der Waals surface area contributed by atoms with E-state index in [-0.39, 0.29) is 5.69 Å². The zero-order valence-corrected chi connectivity index (χ0v) is 12.0. The van der Waals surface area contributed by atoms with E-state index in [1.165, 1.54) is 5.56 Å². The first-order valence-electron chi connectivity index (χ1n) is 4.76. The molecule has 2 aromatic rings. The van der Waals surface area contributed by atoms with Gasteiger partial charge in [0, 0.05) is 0 Å². The van der Waals surface area contributed by atoms with Gasteiger partial charge in [-0.2, -0.15) is 0 Å². The molecule has 0 aliphatic carbocycles. The maximum absolute atomic E-state index is 11.0. The van der Waals surface area contributed by atoms with Crippen LogP contribution in [-0.2, 0) is 0 Å². The number of aromatic amines is 2. The number of aromatic nitrogens is 2. The van der Waals surface area contributed by atoms with E-state index >= 15 is 0 Å². The van der Waals surface area contributed by atoms with Gasteiger partial charge in [0.15, 0.2) is 0 Å². The van der Waals surface area contributed by atoms with Crippen LogP contribution in [0.3, 0.4) is 0 Å². The molecule has 0 saturated heterocycles. The van der Waals surface area contributed by atoms with E-state index < -0.39 is 0 Å². The molecule has 0 saturated carbocycles. The van der Waals surface area contributed by atoms with Crippen molar-refractivity contribution in [1.82, 2.24) is 9.97 Å². The average molecular weight is 401 g/mol. The van der Waals surface area contributed by atoms with Crippen molar-refractivity contribution < 1.29 is 24.7 Å². The molecule has 0 atom stereocenters. The Balaban J connectivity index is 0.000000531. The summed E-state index contributed by atoms with van der Waals surface area (Å²) in [5.41, 5.74) is 2.85. The second kappa shape index (κ2) is 5.45. The van der Waals surface area contributed by atoms with Crippen molar-refractivity contribution in [3.8, 4) is 0 Å². The quantitative estimate of drug-likeness (QED) is 0.759. The fourth-order valence-electron chi connectivity index (χ4n) is 1.41. The van der Waals surface area contributed by atoms with Gasteiger partial charge in [0.25, 0.3) is 0 Å². The van der Waals surface area contributed by atoms with Gasteiger partial charge < -0.3 is 9.97 Å². The Kier molecular flexibility index (Phi) is 4.52. The van der Waals surface area contributed by atoms with E-state index in [9.17, 15) is 4.79 Å². The summed E-state index contributed by atoms with van der Waals surface area (Å²) in [5, 5.41) is 0. The molecular weight excluding hydrogens is 386 g/mol. The third-order valence-corrected chi connectivity index (χ3v) is 2.21. The van der Waals surface area contributed by atoms with Crippen LogP contribution < -0.4 is 5.69 Å². The first-order valence-corrected chi connectivity index (χ1v) is 7.70. The van der Waals surface area contributed by atoms with Gasteiger partial charge in [-0.1, -0.05) is 19.9 Å². The molecule has 82 valence electrons. The molecule has 0 aliphatic heterocycles. The molecule has 0 amide bonds. The van der Waals surface area contributed by atoms with Crippen LogP contribution in [0.5, 0.6) is 0 Å². The normalized spacial score (nSPS) is 10.2. The van der Waals surface area contributed by atoms with Gasteiger partial charge in [-0.3, -0.25) is 0 Å². The van der Waals surface area contributed by atoms with Crippen LogP contribution in [0.4, 0.5) is 0 Å². The van der Waals surface area contributed by atoms with Crippen LogP contribution in [-0.4, -0.2) is 9.97 Å². The monoisotopic (exact) mass is 401 g/mol. The maximum atomic E-state index is 11.0. The fraction of sp³-hybridized carbons (Fsp3) is 0.364. The molecule has 0 unspecified atom stereocenters. The average Bonchev–Trinajstić information content (AvgIpc) is 2.59. The number of benzene rings is 1. The van der Waals surface area contributed by atoms with Gasteiger partial charge in [0.05, 0.1) is 11.0 Å². The van der Waals surface area contributed by atoms with E-state index in [0.717, 1.165) is 11.0 Å². The van der Waals surface area contributed by atoms with Crippen molar-refractivity contribution >= 4 is 11.0 Å². The zero-order chi connectivity index (χ0) is 11.4. The van der Waals surface area contributed by atoms with Crippen molar-refractivity contribution in [1.29, 1.82) is 0 Å². The summed E-state index contributed by atoms with van der Waals surface area (Å²) in [6.45, 7) is 4.26. The van der Waals surface area contributed by atoms with Gasteiger partial charge in [0.2, 0.25) is 0 Å². The molecule has 1 aromatic heterocycles. The fourth-order valence-corrected chi connectivity index (χ4v) is 1.41. The van der Waals surface area contributed by atoms with E-state index in [2.05, 4.69) is 28.4 Å². The van der Waals surface area contributed by atoms with E-state index in [4.69, 9.17) is 0 Å². The minimum atomic E-state index is -0.143. The van der Waals surface area contributed by atoms with Crippen LogP contribution in [0.2, 0.25) is 4.63 Å². The van der Waals surface area contributed by atoms with Gasteiger partial charge >= 0.3 is 35.0 Å². The number of hydrogen-bond donors (Lipinski definition) is 2. The summed E-state index contributed by atoms with van der Waals surface area (Å²) in [6.07, 6.45) is 0. The van der Waals surface area contributed by atoms with E-state index in [1.807, 2.05) is 18.2 Å². The van der Waals surface area contributed by atoms with Crippen molar-refractivity contribution in [3.63, 3.8) is 0 Å². The topological polar surface area (TPSA) is 48.6 Å². The second-order valence-corrected chi connectivity index (χ2v) is 3.54. The van der Waals surface area contributed by atoms with Gasteiger partial charge in [-0.25, -0.2) is 4.79 Å². The predicted octanol–water partition coefficient (Wildman–Crippen LogP) is 2.56. The van der Waals surface area contributed by atoms with Crippen LogP contribution >= 0.6 is 0 Å². The Morgan fingerprint density at radius 3 is 2.33 bits per heavy atom. The molecule has 0 radical (unpaired) electrons. The van der Waals surface area contributed by atoms with Crippen molar-refractivity contribution in [2.24, 2.45) is 0 Å². The Hall–Kier alpha value is -0.627. The van der Waals surface area contributed by atoms with Crippen LogP contribution in [0.25, 0.3) is 11.0 Å². The van der Waals surface area contributed by atoms with E-state index in [1.54, 1.807) is 24.7 Å². The van der Waals surface area contributed by atoms with Gasteiger partial charge in [-0.05, 0) is 23.6 Å². The summed E-state index contributed by atoms with van der Waals surface area (Å²) < 4.78 is 2.06. The molecule has 4 heteroatoms. The van der Waals surface area contributed by atoms with Crippen molar-refractivity contribution in [3.05, 3.63) is 34.2 Å². The minimum absolute atomic E-state index is 0.143. The second-order valence-electron chi connectivity index (χ2n) is 3.54. The molecule has 0 fully saturated rings. The Bertz CT molecular complexity index is 485. The molecule has 1 heterocycles. The standard InChI is InChI=1S/C10H12N2O.CH3At/c1-6(2)7-3-4-8-9(5-7)12-10(13)11-8;1-2/h3-6H,1-2H3,(H2,11,12,13);1H3. The summed E-state index contributed by atoms with van der Waals surface area (Å²) >= 11 is 1.72. The van der Waals surface area contributed by atoms with E-state index in [0.29, 0.717) is 5.92 Å². The predicted molar refractivity (Wildman–Crippen MR) is 58.9 cm³/mol. The number of fused-ring (bicyclic) bond motifs is 1. The molecule has 0 spiro atoms. The summed E-state index contributed by atoms with van der Waals surface area (Å²) in [6, 6.07) is 5.98. The summed E-state index contributed by atoms with van der Waals surface area (Å²) in [4.78, 5) is 16.4.